The summed E-state index contributed by atoms with van der Waals surface area (Å²) in [5.41, 5.74) is 2.82. The van der Waals surface area contributed by atoms with E-state index in [1.165, 1.54) is 6.26 Å². The van der Waals surface area contributed by atoms with Gasteiger partial charge in [-0.2, -0.15) is 5.10 Å². The van der Waals surface area contributed by atoms with Crippen LogP contribution in [0.1, 0.15) is 0 Å². The van der Waals surface area contributed by atoms with Crippen molar-refractivity contribution in [3.8, 4) is 16.8 Å². The third-order valence-electron chi connectivity index (χ3n) is 3.13. The van der Waals surface area contributed by atoms with Crippen LogP contribution in [0.5, 0.6) is 0 Å². The smallest absolute Gasteiger partial charge is 0.175 e. The van der Waals surface area contributed by atoms with Crippen LogP contribution in [-0.4, -0.2) is 29.4 Å². The normalized spacial score (nSPS) is 11.5. The average Bonchev–Trinajstić information content (AvgIpc) is 2.97. The van der Waals surface area contributed by atoms with E-state index in [1.807, 2.05) is 18.3 Å². The molecule has 0 saturated carbocycles. The van der Waals surface area contributed by atoms with Gasteiger partial charge >= 0.3 is 0 Å². The molecule has 0 aliphatic carbocycles. The molecule has 0 radical (unpaired) electrons. The van der Waals surface area contributed by atoms with Gasteiger partial charge in [-0.1, -0.05) is 0 Å². The van der Waals surface area contributed by atoms with Crippen LogP contribution in [0.25, 0.3) is 16.8 Å². The van der Waals surface area contributed by atoms with Gasteiger partial charge in [-0.05, 0) is 42.0 Å². The Bertz CT molecular complexity index is 853. The molecule has 21 heavy (non-hydrogen) atoms. The Kier molecular flexibility index (Phi) is 3.31. The van der Waals surface area contributed by atoms with Crippen LogP contribution in [0.4, 0.5) is 0 Å². The Morgan fingerprint density at radius 1 is 0.952 bits per heavy atom. The number of aromatic nitrogens is 3. The second-order valence-corrected chi connectivity index (χ2v) is 6.69. The second kappa shape index (κ2) is 5.14. The van der Waals surface area contributed by atoms with Gasteiger partial charge in [0.1, 0.15) is 0 Å². The molecule has 3 aromatic rings. The van der Waals surface area contributed by atoms with Gasteiger partial charge in [-0.25, -0.2) is 13.1 Å². The number of hydrogen-bond donors (Lipinski definition) is 0. The Balaban J connectivity index is 1.94. The molecule has 0 spiro atoms. The Hall–Kier alpha value is -2.47. The summed E-state index contributed by atoms with van der Waals surface area (Å²) in [6.07, 6.45) is 8.31. The molecule has 106 valence electrons. The summed E-state index contributed by atoms with van der Waals surface area (Å²) in [6.45, 7) is 0. The van der Waals surface area contributed by atoms with E-state index in [9.17, 15) is 8.42 Å². The fraction of sp³-hybridized carbons (Fsp3) is 0.0667. The van der Waals surface area contributed by atoms with Gasteiger partial charge in [0.2, 0.25) is 0 Å². The van der Waals surface area contributed by atoms with E-state index in [0.29, 0.717) is 4.90 Å². The van der Waals surface area contributed by atoms with Gasteiger partial charge < -0.3 is 0 Å². The summed E-state index contributed by atoms with van der Waals surface area (Å²) in [5.74, 6) is 0. The fourth-order valence-corrected chi connectivity index (χ4v) is 2.63. The molecule has 3 rings (SSSR count). The predicted molar refractivity (Wildman–Crippen MR) is 79.9 cm³/mol. The monoisotopic (exact) mass is 299 g/mol. The van der Waals surface area contributed by atoms with E-state index in [0.717, 1.165) is 16.8 Å². The number of sulfone groups is 1. The van der Waals surface area contributed by atoms with Crippen LogP contribution in [0.3, 0.4) is 0 Å². The molecule has 0 bridgehead atoms. The molecule has 0 amide bonds. The first kappa shape index (κ1) is 13.5. The zero-order chi connectivity index (χ0) is 14.9. The lowest BCUT2D eigenvalue weighted by Crippen LogP contribution is -1.98. The molecule has 2 aromatic heterocycles. The molecule has 0 aliphatic rings. The van der Waals surface area contributed by atoms with Crippen molar-refractivity contribution >= 4 is 9.84 Å². The number of pyridine rings is 1. The summed E-state index contributed by atoms with van der Waals surface area (Å²) in [6, 6.07) is 10.5. The van der Waals surface area contributed by atoms with Crippen molar-refractivity contribution in [1.29, 1.82) is 0 Å². The summed E-state index contributed by atoms with van der Waals surface area (Å²) in [5, 5.41) is 4.30. The van der Waals surface area contributed by atoms with Crippen LogP contribution in [0.15, 0.2) is 66.1 Å². The summed E-state index contributed by atoms with van der Waals surface area (Å²) in [4.78, 5) is 4.28. The highest BCUT2D eigenvalue weighted by atomic mass is 32.2. The molecule has 0 saturated heterocycles. The van der Waals surface area contributed by atoms with Crippen molar-refractivity contribution in [3.05, 3.63) is 61.2 Å². The zero-order valence-electron chi connectivity index (χ0n) is 11.3. The van der Waals surface area contributed by atoms with Crippen molar-refractivity contribution in [2.24, 2.45) is 0 Å². The number of benzene rings is 1. The fourth-order valence-electron chi connectivity index (χ4n) is 2.00. The van der Waals surface area contributed by atoms with E-state index in [2.05, 4.69) is 10.1 Å². The molecule has 2 heterocycles. The first-order valence-electron chi connectivity index (χ1n) is 6.29. The van der Waals surface area contributed by atoms with Crippen molar-refractivity contribution in [3.63, 3.8) is 0 Å². The minimum absolute atomic E-state index is 0.299. The molecule has 6 heteroatoms. The SMILES string of the molecule is CS(=O)(=O)c1ccc(-n2cc(-c3ccncc3)cn2)cc1. The minimum atomic E-state index is -3.18. The molecule has 0 unspecified atom stereocenters. The van der Waals surface area contributed by atoms with Crippen LogP contribution in [-0.2, 0) is 9.84 Å². The molecule has 0 N–H and O–H groups in total. The van der Waals surface area contributed by atoms with Gasteiger partial charge in [0.05, 0.1) is 16.8 Å². The Labute approximate surface area is 122 Å². The number of hydrogen-bond acceptors (Lipinski definition) is 4. The van der Waals surface area contributed by atoms with Gasteiger partial charge in [0.25, 0.3) is 0 Å². The highest BCUT2D eigenvalue weighted by Gasteiger charge is 2.08. The highest BCUT2D eigenvalue weighted by Crippen LogP contribution is 2.20. The Morgan fingerprint density at radius 3 is 2.24 bits per heavy atom. The van der Waals surface area contributed by atoms with Crippen molar-refractivity contribution in [2.45, 2.75) is 4.90 Å². The lowest BCUT2D eigenvalue weighted by Gasteiger charge is -2.02. The van der Waals surface area contributed by atoms with Crippen molar-refractivity contribution in [1.82, 2.24) is 14.8 Å². The Morgan fingerprint density at radius 2 is 1.62 bits per heavy atom. The second-order valence-electron chi connectivity index (χ2n) is 4.68. The number of nitrogens with zero attached hydrogens (tertiary/aromatic N) is 3. The molecule has 5 nitrogen and oxygen atoms in total. The third kappa shape index (κ3) is 2.85. The molecular weight excluding hydrogens is 286 g/mol. The lowest BCUT2D eigenvalue weighted by molar-refractivity contribution is 0.602. The van der Waals surface area contributed by atoms with E-state index >= 15 is 0 Å². The van der Waals surface area contributed by atoms with E-state index < -0.39 is 9.84 Å². The highest BCUT2D eigenvalue weighted by molar-refractivity contribution is 7.90. The largest absolute Gasteiger partial charge is 0.265 e. The lowest BCUT2D eigenvalue weighted by atomic mass is 10.1. The van der Waals surface area contributed by atoms with E-state index in [-0.39, 0.29) is 0 Å². The van der Waals surface area contributed by atoms with Crippen molar-refractivity contribution < 1.29 is 8.42 Å². The third-order valence-corrected chi connectivity index (χ3v) is 4.25. The zero-order valence-corrected chi connectivity index (χ0v) is 12.2. The van der Waals surface area contributed by atoms with Crippen LogP contribution < -0.4 is 0 Å². The van der Waals surface area contributed by atoms with Crippen LogP contribution in [0.2, 0.25) is 0 Å². The molecule has 0 aliphatic heterocycles. The molecule has 1 aromatic carbocycles. The summed E-state index contributed by atoms with van der Waals surface area (Å²) < 4.78 is 24.6. The van der Waals surface area contributed by atoms with Crippen molar-refractivity contribution in [2.75, 3.05) is 6.26 Å². The van der Waals surface area contributed by atoms with Gasteiger partial charge in [0.15, 0.2) is 9.84 Å². The van der Waals surface area contributed by atoms with E-state index in [4.69, 9.17) is 0 Å². The maximum atomic E-state index is 11.4. The number of rotatable bonds is 3. The quantitative estimate of drug-likeness (QED) is 0.744. The molecular formula is C15H13N3O2S. The van der Waals surface area contributed by atoms with Gasteiger partial charge in [0, 0.05) is 30.4 Å². The van der Waals surface area contributed by atoms with Crippen LogP contribution >= 0.6 is 0 Å². The first-order valence-corrected chi connectivity index (χ1v) is 8.19. The molecule has 0 atom stereocenters. The average molecular weight is 299 g/mol. The topological polar surface area (TPSA) is 64.8 Å². The van der Waals surface area contributed by atoms with Crippen LogP contribution in [0, 0.1) is 0 Å². The first-order chi connectivity index (χ1) is 10.0. The standard InChI is InChI=1S/C15H13N3O2S/c1-21(19,20)15-4-2-14(3-5-15)18-11-13(10-17-18)12-6-8-16-9-7-12/h2-11H,1H3. The summed E-state index contributed by atoms with van der Waals surface area (Å²) >= 11 is 0. The maximum absolute atomic E-state index is 11.4. The summed E-state index contributed by atoms with van der Waals surface area (Å²) in [7, 11) is -3.18. The molecule has 0 fully saturated rings. The predicted octanol–water partition coefficient (Wildman–Crippen LogP) is 2.34. The van der Waals surface area contributed by atoms with Gasteiger partial charge in [-0.3, -0.25) is 4.98 Å². The van der Waals surface area contributed by atoms with E-state index in [1.54, 1.807) is 47.5 Å². The minimum Gasteiger partial charge on any atom is -0.265 e. The maximum Gasteiger partial charge on any atom is 0.175 e. The van der Waals surface area contributed by atoms with Gasteiger partial charge in [-0.15, -0.1) is 0 Å².